The third kappa shape index (κ3) is 9.33. The van der Waals surface area contributed by atoms with Crippen molar-refractivity contribution in [3.8, 4) is 17.2 Å². The maximum absolute atomic E-state index is 12.5. The summed E-state index contributed by atoms with van der Waals surface area (Å²) >= 11 is 6.03. The molecule has 4 N–H and O–H groups in total. The summed E-state index contributed by atoms with van der Waals surface area (Å²) in [5.41, 5.74) is 6.65. The third-order valence-electron chi connectivity index (χ3n) is 7.53. The van der Waals surface area contributed by atoms with Gasteiger partial charge in [0.2, 0.25) is 0 Å². The molecular formula is C35H42ClN5O7. The van der Waals surface area contributed by atoms with Gasteiger partial charge in [0.15, 0.2) is 17.7 Å². The zero-order valence-corrected chi connectivity index (χ0v) is 28.5. The lowest BCUT2D eigenvalue weighted by molar-refractivity contribution is -0.136. The number of anilines is 1. The number of urea groups is 1. The highest BCUT2D eigenvalue weighted by Gasteiger charge is 2.32. The fraction of sp³-hybridized carbons (Fsp3) is 0.343. The van der Waals surface area contributed by atoms with Crippen molar-refractivity contribution in [2.75, 3.05) is 38.3 Å². The number of benzene rings is 3. The highest BCUT2D eigenvalue weighted by atomic mass is 35.5. The number of halogens is 1. The summed E-state index contributed by atoms with van der Waals surface area (Å²) < 4.78 is 22.8. The lowest BCUT2D eigenvalue weighted by atomic mass is 9.95. The average Bonchev–Trinajstić information content (AvgIpc) is 3.08. The number of rotatable bonds is 16. The predicted molar refractivity (Wildman–Crippen MR) is 185 cm³/mol. The van der Waals surface area contributed by atoms with Gasteiger partial charge < -0.3 is 39.6 Å². The second-order valence-electron chi connectivity index (χ2n) is 10.7. The van der Waals surface area contributed by atoms with Gasteiger partial charge in [-0.1, -0.05) is 29.8 Å². The lowest BCUT2D eigenvalue weighted by Gasteiger charge is -2.28. The molecule has 13 heteroatoms. The molecule has 48 heavy (non-hydrogen) atoms. The number of aliphatic hydroxyl groups is 1. The Morgan fingerprint density at radius 1 is 1.02 bits per heavy atom. The first kappa shape index (κ1) is 35.9. The van der Waals surface area contributed by atoms with Crippen LogP contribution in [0.1, 0.15) is 50.4 Å². The standard InChI is InChI=1S/C35H42ClN5O7/c1-6-41(7-2)27-15-11-25(29(18-27)47-20-23-9-13-26(36)14-10-23)19-37-40-31(42)21-48-28-16-12-24(17-30(28)46-8-3)33-32(34(43)45-5)22(4)38-35(44)39-33/h9-19,31,33,40,42H,6-8,20-21H2,1-5H3,(H2,38,39,44)/b37-19+/t31-,33-/m1/s1. The molecule has 12 nitrogen and oxygen atoms in total. The van der Waals surface area contributed by atoms with Crippen LogP contribution in [0.3, 0.4) is 0 Å². The van der Waals surface area contributed by atoms with Gasteiger partial charge in [-0.2, -0.15) is 5.10 Å². The Kier molecular flexibility index (Phi) is 12.9. The number of hydrazone groups is 1. The highest BCUT2D eigenvalue weighted by molar-refractivity contribution is 6.30. The Hall–Kier alpha value is -4.94. The number of carbonyl (C=O) groups excluding carboxylic acids is 2. The molecule has 2 atom stereocenters. The molecule has 3 aromatic carbocycles. The van der Waals surface area contributed by atoms with Crippen molar-refractivity contribution < 1.29 is 33.6 Å². The van der Waals surface area contributed by atoms with Crippen molar-refractivity contribution in [1.29, 1.82) is 0 Å². The summed E-state index contributed by atoms with van der Waals surface area (Å²) in [6, 6.07) is 17.2. The van der Waals surface area contributed by atoms with Crippen molar-refractivity contribution in [2.45, 2.75) is 46.6 Å². The highest BCUT2D eigenvalue weighted by Crippen LogP contribution is 2.35. The predicted octanol–water partition coefficient (Wildman–Crippen LogP) is 5.29. The van der Waals surface area contributed by atoms with Crippen LogP contribution in [-0.2, 0) is 16.1 Å². The summed E-state index contributed by atoms with van der Waals surface area (Å²) in [6.45, 7) is 9.86. The zero-order chi connectivity index (χ0) is 34.6. The maximum Gasteiger partial charge on any atom is 0.337 e. The molecule has 0 bridgehead atoms. The summed E-state index contributed by atoms with van der Waals surface area (Å²) in [6.07, 6.45) is 0.415. The molecule has 0 radical (unpaired) electrons. The van der Waals surface area contributed by atoms with E-state index in [4.69, 9.17) is 30.5 Å². The van der Waals surface area contributed by atoms with E-state index in [1.807, 2.05) is 49.4 Å². The minimum atomic E-state index is -1.16. The van der Waals surface area contributed by atoms with Gasteiger partial charge >= 0.3 is 12.0 Å². The minimum Gasteiger partial charge on any atom is -0.490 e. The second-order valence-corrected chi connectivity index (χ2v) is 11.2. The maximum atomic E-state index is 12.5. The van der Waals surface area contributed by atoms with E-state index in [1.54, 1.807) is 31.3 Å². The van der Waals surface area contributed by atoms with Crippen LogP contribution in [0, 0.1) is 0 Å². The van der Waals surface area contributed by atoms with Crippen molar-refractivity contribution >= 4 is 35.5 Å². The molecule has 0 saturated heterocycles. The molecular weight excluding hydrogens is 638 g/mol. The second kappa shape index (κ2) is 17.3. The monoisotopic (exact) mass is 679 g/mol. The Labute approximate surface area is 285 Å². The molecule has 2 amide bonds. The number of amides is 2. The van der Waals surface area contributed by atoms with E-state index in [0.29, 0.717) is 46.7 Å². The largest absolute Gasteiger partial charge is 0.490 e. The minimum absolute atomic E-state index is 0.159. The van der Waals surface area contributed by atoms with E-state index < -0.39 is 24.3 Å². The first-order valence-corrected chi connectivity index (χ1v) is 16.0. The van der Waals surface area contributed by atoms with Gasteiger partial charge in [-0.25, -0.2) is 9.59 Å². The van der Waals surface area contributed by atoms with E-state index in [9.17, 15) is 14.7 Å². The number of allylic oxidation sites excluding steroid dienone is 1. The molecule has 0 fully saturated rings. The van der Waals surface area contributed by atoms with Crippen LogP contribution in [0.2, 0.25) is 5.02 Å². The fourth-order valence-corrected chi connectivity index (χ4v) is 5.22. The normalized spacial score (nSPS) is 15.0. The van der Waals surface area contributed by atoms with Crippen LogP contribution in [0.15, 0.2) is 77.0 Å². The van der Waals surface area contributed by atoms with Gasteiger partial charge in [0.05, 0.1) is 31.5 Å². The number of nitrogens with zero attached hydrogens (tertiary/aromatic N) is 2. The topological polar surface area (TPSA) is 143 Å². The van der Waals surface area contributed by atoms with E-state index >= 15 is 0 Å². The van der Waals surface area contributed by atoms with Crippen LogP contribution >= 0.6 is 11.6 Å². The molecule has 256 valence electrons. The number of hydrogen-bond donors (Lipinski definition) is 4. The average molecular weight is 680 g/mol. The van der Waals surface area contributed by atoms with Crippen LogP contribution in [-0.4, -0.2) is 63.0 Å². The van der Waals surface area contributed by atoms with E-state index in [-0.39, 0.29) is 12.2 Å². The number of carbonyl (C=O) groups is 2. The van der Waals surface area contributed by atoms with Crippen LogP contribution in [0.4, 0.5) is 10.5 Å². The molecule has 3 aromatic rings. The van der Waals surface area contributed by atoms with Crippen LogP contribution in [0.25, 0.3) is 0 Å². The molecule has 0 saturated carbocycles. The smallest absolute Gasteiger partial charge is 0.337 e. The van der Waals surface area contributed by atoms with Gasteiger partial charge in [-0.15, -0.1) is 0 Å². The summed E-state index contributed by atoms with van der Waals surface area (Å²) in [4.78, 5) is 26.9. The molecule has 1 heterocycles. The summed E-state index contributed by atoms with van der Waals surface area (Å²) in [7, 11) is 1.28. The summed E-state index contributed by atoms with van der Waals surface area (Å²) in [5, 5.41) is 20.9. The van der Waals surface area contributed by atoms with Gasteiger partial charge in [-0.3, -0.25) is 5.43 Å². The Morgan fingerprint density at radius 3 is 2.46 bits per heavy atom. The number of methoxy groups -OCH3 is 1. The van der Waals surface area contributed by atoms with E-state index in [2.05, 4.69) is 39.9 Å². The Morgan fingerprint density at radius 2 is 1.77 bits per heavy atom. The van der Waals surface area contributed by atoms with Gasteiger partial charge in [0, 0.05) is 41.1 Å². The summed E-state index contributed by atoms with van der Waals surface area (Å²) in [5.74, 6) is 0.794. The first-order valence-electron chi connectivity index (χ1n) is 15.7. The van der Waals surface area contributed by atoms with Crippen molar-refractivity contribution in [1.82, 2.24) is 16.1 Å². The first-order chi connectivity index (χ1) is 23.2. The number of hydrogen-bond acceptors (Lipinski definition) is 10. The SMILES string of the molecule is CCOc1cc([C@H]2NC(=O)NC(C)=C2C(=O)OC)ccc1OC[C@@H](O)N/N=C/c1ccc(N(CC)CC)cc1OCc1ccc(Cl)cc1. The van der Waals surface area contributed by atoms with Gasteiger partial charge in [-0.05, 0) is 75.2 Å². The van der Waals surface area contributed by atoms with Crippen LogP contribution < -0.4 is 35.2 Å². The van der Waals surface area contributed by atoms with E-state index in [0.717, 1.165) is 29.9 Å². The number of aliphatic hydroxyl groups excluding tert-OH is 1. The molecule has 4 rings (SSSR count). The Balaban J connectivity index is 1.44. The number of ether oxygens (including phenoxy) is 4. The van der Waals surface area contributed by atoms with Crippen molar-refractivity contribution in [2.24, 2.45) is 5.10 Å². The zero-order valence-electron chi connectivity index (χ0n) is 27.7. The number of nitrogens with one attached hydrogen (secondary N) is 3. The molecule has 1 aliphatic heterocycles. The molecule has 1 aliphatic rings. The van der Waals surface area contributed by atoms with Crippen molar-refractivity contribution in [3.63, 3.8) is 0 Å². The molecule has 0 aliphatic carbocycles. The lowest BCUT2D eigenvalue weighted by Crippen LogP contribution is -2.45. The Bertz CT molecular complexity index is 1630. The third-order valence-corrected chi connectivity index (χ3v) is 7.78. The van der Waals surface area contributed by atoms with Gasteiger partial charge in [0.1, 0.15) is 19.0 Å². The number of esters is 1. The molecule has 0 spiro atoms. The fourth-order valence-electron chi connectivity index (χ4n) is 5.10. The molecule has 0 unspecified atom stereocenters. The van der Waals surface area contributed by atoms with Crippen LogP contribution in [0.5, 0.6) is 17.2 Å². The molecule has 0 aromatic heterocycles. The quantitative estimate of drug-likeness (QED) is 0.0688. The van der Waals surface area contributed by atoms with E-state index in [1.165, 1.54) is 7.11 Å². The van der Waals surface area contributed by atoms with Gasteiger partial charge in [0.25, 0.3) is 0 Å². The van der Waals surface area contributed by atoms with Crippen molar-refractivity contribution in [3.05, 3.63) is 93.6 Å².